The first kappa shape index (κ1) is 19.5. The molecule has 27 heavy (non-hydrogen) atoms. The number of carbonyl (C=O) groups excluding carboxylic acids is 1. The first-order valence-electron chi connectivity index (χ1n) is 8.81. The maximum Gasteiger partial charge on any atom is 0.230 e. The zero-order valence-corrected chi connectivity index (χ0v) is 16.6. The van der Waals surface area contributed by atoms with Crippen LogP contribution in [0.5, 0.6) is 0 Å². The van der Waals surface area contributed by atoms with Gasteiger partial charge >= 0.3 is 0 Å². The molecular weight excluding hydrogens is 380 g/mol. The quantitative estimate of drug-likeness (QED) is 0.577. The van der Waals surface area contributed by atoms with Crippen molar-refractivity contribution in [2.24, 2.45) is 0 Å². The van der Waals surface area contributed by atoms with Crippen molar-refractivity contribution in [3.63, 3.8) is 0 Å². The third kappa shape index (κ3) is 5.34. The Bertz CT molecular complexity index is 898. The van der Waals surface area contributed by atoms with Crippen molar-refractivity contribution in [3.05, 3.63) is 71.0 Å². The van der Waals surface area contributed by atoms with Crippen molar-refractivity contribution < 1.29 is 4.79 Å². The van der Waals surface area contributed by atoms with E-state index in [9.17, 15) is 4.79 Å². The van der Waals surface area contributed by atoms with Gasteiger partial charge in [0.2, 0.25) is 5.91 Å². The zero-order chi connectivity index (χ0) is 19.1. The maximum atomic E-state index is 12.0. The summed E-state index contributed by atoms with van der Waals surface area (Å²) in [6.45, 7) is 2.71. The highest BCUT2D eigenvalue weighted by Crippen LogP contribution is 2.25. The van der Waals surface area contributed by atoms with Crippen LogP contribution in [0.4, 0.5) is 0 Å². The lowest BCUT2D eigenvalue weighted by molar-refractivity contribution is -0.118. The summed E-state index contributed by atoms with van der Waals surface area (Å²) in [6.07, 6.45) is 1.55. The second kappa shape index (κ2) is 9.58. The van der Waals surface area contributed by atoms with Gasteiger partial charge in [-0.3, -0.25) is 9.36 Å². The molecule has 5 nitrogen and oxygen atoms in total. The first-order valence-corrected chi connectivity index (χ1v) is 10.2. The fourth-order valence-corrected chi connectivity index (χ4v) is 3.59. The lowest BCUT2D eigenvalue weighted by Gasteiger charge is -2.11. The second-order valence-corrected chi connectivity index (χ2v) is 7.39. The van der Waals surface area contributed by atoms with Crippen LogP contribution in [0.1, 0.15) is 24.7 Å². The summed E-state index contributed by atoms with van der Waals surface area (Å²) in [7, 11) is 0. The Kier molecular flexibility index (Phi) is 6.90. The van der Waals surface area contributed by atoms with Gasteiger partial charge in [0.05, 0.1) is 11.4 Å². The summed E-state index contributed by atoms with van der Waals surface area (Å²) in [5.41, 5.74) is 2.03. The molecule has 0 radical (unpaired) electrons. The number of thioether (sulfide) groups is 1. The molecule has 0 saturated carbocycles. The van der Waals surface area contributed by atoms with Crippen LogP contribution in [0.25, 0.3) is 5.69 Å². The molecule has 1 amide bonds. The predicted octanol–water partition coefficient (Wildman–Crippen LogP) is 4.13. The number of carbonyl (C=O) groups is 1. The molecule has 1 aromatic heterocycles. The van der Waals surface area contributed by atoms with E-state index in [1.165, 1.54) is 11.8 Å². The number of nitrogens with one attached hydrogen (secondary N) is 1. The first-order chi connectivity index (χ1) is 13.2. The van der Waals surface area contributed by atoms with Crippen LogP contribution in [-0.2, 0) is 11.2 Å². The van der Waals surface area contributed by atoms with E-state index in [-0.39, 0.29) is 5.91 Å². The normalized spacial score (nSPS) is 10.7. The summed E-state index contributed by atoms with van der Waals surface area (Å²) in [5, 5.41) is 12.9. The molecule has 1 N–H and O–H groups in total. The molecule has 0 atom stereocenters. The van der Waals surface area contributed by atoms with Crippen LogP contribution < -0.4 is 5.32 Å². The van der Waals surface area contributed by atoms with E-state index in [4.69, 9.17) is 11.6 Å². The molecule has 0 bridgehead atoms. The molecule has 2 aromatic carbocycles. The Labute approximate surface area is 168 Å². The zero-order valence-electron chi connectivity index (χ0n) is 15.1. The molecule has 0 unspecified atom stereocenters. The molecule has 0 saturated heterocycles. The molecule has 3 aromatic rings. The van der Waals surface area contributed by atoms with E-state index in [1.807, 2.05) is 54.0 Å². The van der Waals surface area contributed by atoms with Crippen molar-refractivity contribution in [3.8, 4) is 5.69 Å². The average Bonchev–Trinajstić information content (AvgIpc) is 3.08. The highest BCUT2D eigenvalue weighted by Gasteiger charge is 2.16. The smallest absolute Gasteiger partial charge is 0.230 e. The van der Waals surface area contributed by atoms with Crippen LogP contribution in [0.3, 0.4) is 0 Å². The van der Waals surface area contributed by atoms with Gasteiger partial charge in [0.1, 0.15) is 5.82 Å². The third-order valence-electron chi connectivity index (χ3n) is 3.88. The van der Waals surface area contributed by atoms with E-state index in [1.54, 1.807) is 0 Å². The molecule has 140 valence electrons. The van der Waals surface area contributed by atoms with Crippen LogP contribution in [0.15, 0.2) is 59.8 Å². The largest absolute Gasteiger partial charge is 0.355 e. The van der Waals surface area contributed by atoms with Crippen molar-refractivity contribution in [1.82, 2.24) is 20.1 Å². The van der Waals surface area contributed by atoms with E-state index >= 15 is 0 Å². The topological polar surface area (TPSA) is 59.8 Å². The number of halogens is 1. The van der Waals surface area contributed by atoms with Gasteiger partial charge in [-0.05, 0) is 30.2 Å². The Hall–Kier alpha value is -2.31. The van der Waals surface area contributed by atoms with Crippen molar-refractivity contribution >= 4 is 29.3 Å². The Morgan fingerprint density at radius 3 is 2.70 bits per heavy atom. The molecule has 0 aliphatic rings. The molecular formula is C20H21ClN4OS. The van der Waals surface area contributed by atoms with Crippen molar-refractivity contribution in [2.75, 3.05) is 12.3 Å². The fraction of sp³-hybridized carbons (Fsp3) is 0.250. The molecule has 1 heterocycles. The molecule has 0 aliphatic heterocycles. The lowest BCUT2D eigenvalue weighted by Crippen LogP contribution is -2.25. The van der Waals surface area contributed by atoms with Crippen LogP contribution in [0, 0.1) is 0 Å². The number of aromatic nitrogens is 3. The monoisotopic (exact) mass is 400 g/mol. The third-order valence-corrected chi connectivity index (χ3v) is 5.04. The van der Waals surface area contributed by atoms with Gasteiger partial charge in [0.25, 0.3) is 0 Å². The maximum absolute atomic E-state index is 12.0. The van der Waals surface area contributed by atoms with Crippen molar-refractivity contribution in [2.45, 2.75) is 24.9 Å². The Balaban J connectivity index is 1.88. The summed E-state index contributed by atoms with van der Waals surface area (Å²) < 4.78 is 1.97. The van der Waals surface area contributed by atoms with Crippen LogP contribution in [-0.4, -0.2) is 33.0 Å². The summed E-state index contributed by atoms with van der Waals surface area (Å²) >= 11 is 7.56. The number of rotatable bonds is 8. The van der Waals surface area contributed by atoms with Crippen molar-refractivity contribution in [1.29, 1.82) is 0 Å². The highest BCUT2D eigenvalue weighted by molar-refractivity contribution is 7.99. The van der Waals surface area contributed by atoms with E-state index in [2.05, 4.69) is 27.6 Å². The van der Waals surface area contributed by atoms with E-state index in [0.29, 0.717) is 28.9 Å². The SMILES string of the molecule is CCCNC(=O)CSc1nnc(Cc2ccccc2)n1-c1cccc(Cl)c1. The number of hydrogen-bond acceptors (Lipinski definition) is 4. The van der Waals surface area contributed by atoms with Crippen LogP contribution in [0.2, 0.25) is 5.02 Å². The Morgan fingerprint density at radius 2 is 1.96 bits per heavy atom. The van der Waals surface area contributed by atoms with Gasteiger partial charge in [-0.25, -0.2) is 0 Å². The molecule has 7 heteroatoms. The summed E-state index contributed by atoms with van der Waals surface area (Å²) in [5.74, 6) is 1.09. The van der Waals surface area contributed by atoms with E-state index in [0.717, 1.165) is 23.5 Å². The summed E-state index contributed by atoms with van der Waals surface area (Å²) in [6, 6.07) is 17.7. The number of benzene rings is 2. The van der Waals surface area contributed by atoms with Crippen LogP contribution >= 0.6 is 23.4 Å². The number of nitrogens with zero attached hydrogens (tertiary/aromatic N) is 3. The molecule has 0 aliphatic carbocycles. The number of hydrogen-bond donors (Lipinski definition) is 1. The fourth-order valence-electron chi connectivity index (χ4n) is 2.61. The van der Waals surface area contributed by atoms with Gasteiger partial charge < -0.3 is 5.32 Å². The minimum absolute atomic E-state index is 0.00731. The lowest BCUT2D eigenvalue weighted by atomic mass is 10.1. The molecule has 0 fully saturated rings. The highest BCUT2D eigenvalue weighted by atomic mass is 35.5. The average molecular weight is 401 g/mol. The van der Waals surface area contributed by atoms with Gasteiger partial charge in [-0.2, -0.15) is 0 Å². The van der Waals surface area contributed by atoms with E-state index < -0.39 is 0 Å². The Morgan fingerprint density at radius 1 is 1.15 bits per heavy atom. The van der Waals surface area contributed by atoms with Gasteiger partial charge in [-0.1, -0.05) is 66.7 Å². The molecule has 0 spiro atoms. The van der Waals surface area contributed by atoms with Gasteiger partial charge in [0.15, 0.2) is 5.16 Å². The summed E-state index contributed by atoms with van der Waals surface area (Å²) in [4.78, 5) is 12.0. The van der Waals surface area contributed by atoms with Gasteiger partial charge in [0, 0.05) is 18.0 Å². The standard InChI is InChI=1S/C20H21ClN4OS/c1-2-11-22-19(26)14-27-20-24-23-18(12-15-7-4-3-5-8-15)25(20)17-10-6-9-16(21)13-17/h3-10,13H,2,11-12,14H2,1H3,(H,22,26). The molecule has 3 rings (SSSR count). The minimum Gasteiger partial charge on any atom is -0.355 e. The number of amides is 1. The second-order valence-electron chi connectivity index (χ2n) is 6.02. The minimum atomic E-state index is -0.00731. The van der Waals surface area contributed by atoms with Gasteiger partial charge in [-0.15, -0.1) is 10.2 Å². The predicted molar refractivity (Wildman–Crippen MR) is 110 cm³/mol.